The Hall–Kier alpha value is -1.52. The second-order valence-corrected chi connectivity index (χ2v) is 6.80. The van der Waals surface area contributed by atoms with Gasteiger partial charge in [0.2, 0.25) is 0 Å². The van der Waals surface area contributed by atoms with Gasteiger partial charge in [-0.3, -0.25) is 0 Å². The summed E-state index contributed by atoms with van der Waals surface area (Å²) in [6, 6.07) is 14.9. The molecule has 0 aromatic heterocycles. The van der Waals surface area contributed by atoms with E-state index in [1.54, 1.807) is 11.8 Å². The molecule has 0 spiro atoms. The molecule has 0 unspecified atom stereocenters. The molecule has 116 valence electrons. The third-order valence-electron chi connectivity index (χ3n) is 3.21. The van der Waals surface area contributed by atoms with Crippen LogP contribution < -0.4 is 10.6 Å². The van der Waals surface area contributed by atoms with Gasteiger partial charge in [-0.2, -0.15) is 0 Å². The minimum absolute atomic E-state index is 0.677. The van der Waals surface area contributed by atoms with Gasteiger partial charge in [0, 0.05) is 22.0 Å². The first kappa shape index (κ1) is 16.8. The van der Waals surface area contributed by atoms with Crippen LogP contribution in [-0.2, 0) is 0 Å². The maximum atomic E-state index is 5.24. The van der Waals surface area contributed by atoms with E-state index in [-0.39, 0.29) is 0 Å². The summed E-state index contributed by atoms with van der Waals surface area (Å²) in [6.45, 7) is 7.29. The molecule has 0 aliphatic carbocycles. The van der Waals surface area contributed by atoms with E-state index < -0.39 is 0 Å². The van der Waals surface area contributed by atoms with Crippen molar-refractivity contribution in [3.8, 4) is 0 Å². The molecule has 0 saturated carbocycles. The zero-order valence-corrected chi connectivity index (χ0v) is 14.9. The van der Waals surface area contributed by atoms with E-state index in [9.17, 15) is 0 Å². The minimum Gasteiger partial charge on any atom is -0.362 e. The molecule has 2 rings (SSSR count). The fraction of sp³-hybridized carbons (Fsp3) is 0.278. The Morgan fingerprint density at radius 1 is 1.09 bits per heavy atom. The van der Waals surface area contributed by atoms with Crippen molar-refractivity contribution >= 4 is 34.8 Å². The van der Waals surface area contributed by atoms with Crippen LogP contribution in [0.1, 0.15) is 24.5 Å². The SMILES string of the molecule is CCCNC(=S)Nc1ccc(Sc2ccc(C)cc2C)cc1. The molecule has 0 saturated heterocycles. The molecule has 0 aliphatic heterocycles. The fourth-order valence-electron chi connectivity index (χ4n) is 2.06. The summed E-state index contributed by atoms with van der Waals surface area (Å²) in [5.74, 6) is 0. The Morgan fingerprint density at radius 2 is 1.82 bits per heavy atom. The summed E-state index contributed by atoms with van der Waals surface area (Å²) >= 11 is 7.03. The number of hydrogen-bond acceptors (Lipinski definition) is 2. The second-order valence-electron chi connectivity index (χ2n) is 5.28. The van der Waals surface area contributed by atoms with Crippen molar-refractivity contribution in [1.29, 1.82) is 0 Å². The van der Waals surface area contributed by atoms with Gasteiger partial charge in [0.1, 0.15) is 0 Å². The first-order valence-corrected chi connectivity index (χ1v) is 8.71. The van der Waals surface area contributed by atoms with Gasteiger partial charge in [-0.1, -0.05) is 36.4 Å². The molecular weight excluding hydrogens is 308 g/mol. The molecule has 0 heterocycles. The Kier molecular flexibility index (Phi) is 6.28. The zero-order valence-electron chi connectivity index (χ0n) is 13.3. The summed E-state index contributed by atoms with van der Waals surface area (Å²) < 4.78 is 0. The number of hydrogen-bond donors (Lipinski definition) is 2. The largest absolute Gasteiger partial charge is 0.362 e. The van der Waals surface area contributed by atoms with Crippen LogP contribution in [0.3, 0.4) is 0 Å². The lowest BCUT2D eigenvalue weighted by atomic mass is 10.2. The molecule has 0 fully saturated rings. The maximum absolute atomic E-state index is 5.24. The predicted octanol–water partition coefficient (Wildman–Crippen LogP) is 5.15. The maximum Gasteiger partial charge on any atom is 0.170 e. The van der Waals surface area contributed by atoms with Gasteiger partial charge in [-0.05, 0) is 68.4 Å². The standard InChI is InChI=1S/C18H22N2S2/c1-4-11-19-18(21)20-15-6-8-16(9-7-15)22-17-10-5-13(2)12-14(17)3/h5-10,12H,4,11H2,1-3H3,(H2,19,20,21). The Labute approximate surface area is 142 Å². The number of thiocarbonyl (C=S) groups is 1. The lowest BCUT2D eigenvalue weighted by Gasteiger charge is -2.11. The van der Waals surface area contributed by atoms with E-state index in [2.05, 4.69) is 73.9 Å². The van der Waals surface area contributed by atoms with Crippen molar-refractivity contribution in [3.63, 3.8) is 0 Å². The van der Waals surface area contributed by atoms with Gasteiger partial charge in [-0.25, -0.2) is 0 Å². The zero-order chi connectivity index (χ0) is 15.9. The topological polar surface area (TPSA) is 24.1 Å². The molecule has 4 heteroatoms. The van der Waals surface area contributed by atoms with Crippen molar-refractivity contribution in [3.05, 3.63) is 53.6 Å². The van der Waals surface area contributed by atoms with E-state index in [4.69, 9.17) is 12.2 Å². The van der Waals surface area contributed by atoms with Crippen molar-refractivity contribution in [2.45, 2.75) is 37.0 Å². The van der Waals surface area contributed by atoms with Crippen molar-refractivity contribution < 1.29 is 0 Å². The smallest absolute Gasteiger partial charge is 0.170 e. The molecule has 2 aromatic rings. The van der Waals surface area contributed by atoms with Crippen molar-refractivity contribution in [2.75, 3.05) is 11.9 Å². The third kappa shape index (κ3) is 5.04. The minimum atomic E-state index is 0.677. The molecule has 2 nitrogen and oxygen atoms in total. The normalized spacial score (nSPS) is 10.3. The molecule has 0 atom stereocenters. The van der Waals surface area contributed by atoms with E-state index in [1.807, 2.05) is 0 Å². The highest BCUT2D eigenvalue weighted by molar-refractivity contribution is 7.99. The monoisotopic (exact) mass is 330 g/mol. The fourth-order valence-corrected chi connectivity index (χ4v) is 3.16. The highest BCUT2D eigenvalue weighted by Gasteiger charge is 2.02. The van der Waals surface area contributed by atoms with Crippen molar-refractivity contribution in [1.82, 2.24) is 5.32 Å². The van der Waals surface area contributed by atoms with Crippen molar-refractivity contribution in [2.24, 2.45) is 0 Å². The summed E-state index contributed by atoms with van der Waals surface area (Å²) in [5, 5.41) is 7.04. The Morgan fingerprint density at radius 3 is 2.45 bits per heavy atom. The summed E-state index contributed by atoms with van der Waals surface area (Å²) in [7, 11) is 0. The first-order chi connectivity index (χ1) is 10.6. The van der Waals surface area contributed by atoms with Gasteiger partial charge < -0.3 is 10.6 Å². The Bertz CT molecular complexity index is 636. The molecule has 0 radical (unpaired) electrons. The van der Waals surface area contributed by atoms with Crippen LogP contribution in [0.25, 0.3) is 0 Å². The van der Waals surface area contributed by atoms with Crippen LogP contribution in [0.15, 0.2) is 52.3 Å². The van der Waals surface area contributed by atoms with E-state index in [0.29, 0.717) is 5.11 Å². The van der Waals surface area contributed by atoms with Gasteiger partial charge in [0.15, 0.2) is 5.11 Å². The van der Waals surface area contributed by atoms with Gasteiger partial charge in [0.05, 0.1) is 0 Å². The number of anilines is 1. The lowest BCUT2D eigenvalue weighted by molar-refractivity contribution is 0.846. The highest BCUT2D eigenvalue weighted by Crippen LogP contribution is 2.31. The lowest BCUT2D eigenvalue weighted by Crippen LogP contribution is -2.28. The van der Waals surface area contributed by atoms with Crippen LogP contribution in [0, 0.1) is 13.8 Å². The summed E-state index contributed by atoms with van der Waals surface area (Å²) in [6.07, 6.45) is 1.06. The molecule has 2 aromatic carbocycles. The van der Waals surface area contributed by atoms with Gasteiger partial charge in [0.25, 0.3) is 0 Å². The van der Waals surface area contributed by atoms with E-state index in [0.717, 1.165) is 18.7 Å². The summed E-state index contributed by atoms with van der Waals surface area (Å²) in [5.41, 5.74) is 3.63. The average Bonchev–Trinajstić information content (AvgIpc) is 2.50. The second kappa shape index (κ2) is 8.20. The average molecular weight is 331 g/mol. The van der Waals surface area contributed by atoms with Crippen LogP contribution in [0.2, 0.25) is 0 Å². The molecular formula is C18H22N2S2. The Balaban J connectivity index is 1.98. The van der Waals surface area contributed by atoms with Crippen LogP contribution in [0.5, 0.6) is 0 Å². The third-order valence-corrected chi connectivity index (χ3v) is 4.64. The van der Waals surface area contributed by atoms with Gasteiger partial charge in [-0.15, -0.1) is 0 Å². The van der Waals surface area contributed by atoms with E-state index in [1.165, 1.54) is 20.9 Å². The highest BCUT2D eigenvalue weighted by atomic mass is 32.2. The van der Waals surface area contributed by atoms with Crippen LogP contribution >= 0.6 is 24.0 Å². The quantitative estimate of drug-likeness (QED) is 0.740. The predicted molar refractivity (Wildman–Crippen MR) is 101 cm³/mol. The van der Waals surface area contributed by atoms with E-state index >= 15 is 0 Å². The number of benzene rings is 2. The van der Waals surface area contributed by atoms with Gasteiger partial charge >= 0.3 is 0 Å². The molecule has 0 aliphatic rings. The summed E-state index contributed by atoms with van der Waals surface area (Å²) in [4.78, 5) is 2.52. The van der Waals surface area contributed by atoms with Crippen LogP contribution in [0.4, 0.5) is 5.69 Å². The number of rotatable bonds is 5. The number of nitrogens with one attached hydrogen (secondary N) is 2. The first-order valence-electron chi connectivity index (χ1n) is 7.48. The number of aryl methyl sites for hydroxylation is 2. The molecule has 0 amide bonds. The molecule has 22 heavy (non-hydrogen) atoms. The van der Waals surface area contributed by atoms with Crippen LogP contribution in [-0.4, -0.2) is 11.7 Å². The molecule has 2 N–H and O–H groups in total. The molecule has 0 bridgehead atoms.